The van der Waals surface area contributed by atoms with Crippen LogP contribution in [0, 0.1) is 0 Å². The van der Waals surface area contributed by atoms with Crippen molar-refractivity contribution in [1.82, 2.24) is 14.9 Å². The van der Waals surface area contributed by atoms with E-state index in [0.29, 0.717) is 10.9 Å². The van der Waals surface area contributed by atoms with E-state index in [2.05, 4.69) is 25.8 Å². The van der Waals surface area contributed by atoms with Crippen LogP contribution in [0.4, 0.5) is 5.82 Å². The Kier molecular flexibility index (Phi) is 4.68. The molecule has 0 N–H and O–H groups in total. The fourth-order valence-corrected chi connectivity index (χ4v) is 3.23. The van der Waals surface area contributed by atoms with Gasteiger partial charge in [0.25, 0.3) is 0 Å². The van der Waals surface area contributed by atoms with Crippen molar-refractivity contribution in [2.75, 3.05) is 31.1 Å². The molecule has 0 aliphatic carbocycles. The van der Waals surface area contributed by atoms with E-state index in [4.69, 9.17) is 16.0 Å². The highest BCUT2D eigenvalue weighted by Crippen LogP contribution is 2.23. The van der Waals surface area contributed by atoms with Crippen LogP contribution in [0.1, 0.15) is 5.69 Å². The van der Waals surface area contributed by atoms with Crippen LogP contribution < -0.4 is 4.90 Å². The van der Waals surface area contributed by atoms with Crippen molar-refractivity contribution in [3.63, 3.8) is 0 Å². The number of hydrogen-bond acceptors (Lipinski definition) is 5. The molecule has 0 atom stereocenters. The number of piperazine rings is 1. The normalized spacial score (nSPS) is 15.5. The Hall–Kier alpha value is -2.37. The van der Waals surface area contributed by atoms with Gasteiger partial charge >= 0.3 is 0 Å². The molecule has 1 fully saturated rings. The van der Waals surface area contributed by atoms with E-state index >= 15 is 0 Å². The predicted molar refractivity (Wildman–Crippen MR) is 98.7 cm³/mol. The summed E-state index contributed by atoms with van der Waals surface area (Å²) < 4.78 is 5.62. The van der Waals surface area contributed by atoms with Crippen molar-refractivity contribution >= 4 is 17.4 Å². The molecule has 6 heteroatoms. The van der Waals surface area contributed by atoms with E-state index in [1.807, 2.05) is 42.6 Å². The first-order valence-corrected chi connectivity index (χ1v) is 8.74. The zero-order valence-corrected chi connectivity index (χ0v) is 14.6. The number of aromatic nitrogens is 2. The molecule has 128 valence electrons. The highest BCUT2D eigenvalue weighted by atomic mass is 35.5. The first-order chi connectivity index (χ1) is 12.3. The monoisotopic (exact) mass is 354 g/mol. The molecular weight excluding hydrogens is 336 g/mol. The lowest BCUT2D eigenvalue weighted by atomic mass is 10.2. The Morgan fingerprint density at radius 2 is 1.92 bits per heavy atom. The minimum Gasteiger partial charge on any atom is -0.444 e. The van der Waals surface area contributed by atoms with Gasteiger partial charge in [-0.1, -0.05) is 23.7 Å². The maximum atomic E-state index is 6.03. The van der Waals surface area contributed by atoms with Gasteiger partial charge in [0.05, 0.1) is 5.69 Å². The summed E-state index contributed by atoms with van der Waals surface area (Å²) in [5.41, 5.74) is 1.85. The van der Waals surface area contributed by atoms with Crippen molar-refractivity contribution in [2.24, 2.45) is 0 Å². The van der Waals surface area contributed by atoms with Gasteiger partial charge < -0.3 is 9.32 Å². The van der Waals surface area contributed by atoms with E-state index in [9.17, 15) is 0 Å². The highest BCUT2D eigenvalue weighted by molar-refractivity contribution is 6.30. The largest absolute Gasteiger partial charge is 0.444 e. The average Bonchev–Trinajstić information content (AvgIpc) is 3.12. The Balaban J connectivity index is 1.36. The molecule has 0 saturated carbocycles. The minimum atomic E-state index is 0.615. The zero-order chi connectivity index (χ0) is 17.1. The number of nitrogens with zero attached hydrogens (tertiary/aromatic N) is 4. The van der Waals surface area contributed by atoms with Crippen LogP contribution in [0.5, 0.6) is 0 Å². The van der Waals surface area contributed by atoms with Gasteiger partial charge in [-0.15, -0.1) is 0 Å². The van der Waals surface area contributed by atoms with Gasteiger partial charge in [-0.05, 0) is 30.3 Å². The van der Waals surface area contributed by atoms with Crippen molar-refractivity contribution in [1.29, 1.82) is 0 Å². The zero-order valence-electron chi connectivity index (χ0n) is 13.8. The molecule has 3 aromatic rings. The van der Waals surface area contributed by atoms with Gasteiger partial charge in [0.1, 0.15) is 12.1 Å². The summed E-state index contributed by atoms with van der Waals surface area (Å²) in [4.78, 5) is 13.7. The standard InChI is InChI=1S/C19H19ClN4O/c20-16-5-3-4-15(12-16)19-22-17(14-25-19)13-23-8-10-24(11-9-23)18-6-1-2-7-21-18/h1-7,12,14H,8-11,13H2. The number of benzene rings is 1. The van der Waals surface area contributed by atoms with Crippen LogP contribution >= 0.6 is 11.6 Å². The summed E-state index contributed by atoms with van der Waals surface area (Å²) in [6.45, 7) is 4.69. The molecule has 2 aromatic heterocycles. The van der Waals surface area contributed by atoms with Crippen LogP contribution in [-0.2, 0) is 6.54 Å². The maximum Gasteiger partial charge on any atom is 0.226 e. The second-order valence-electron chi connectivity index (χ2n) is 6.11. The molecule has 4 rings (SSSR count). The minimum absolute atomic E-state index is 0.615. The number of halogens is 1. The smallest absolute Gasteiger partial charge is 0.226 e. The van der Waals surface area contributed by atoms with Crippen LogP contribution in [-0.4, -0.2) is 41.0 Å². The van der Waals surface area contributed by atoms with Gasteiger partial charge in [0.15, 0.2) is 0 Å². The lowest BCUT2D eigenvalue weighted by molar-refractivity contribution is 0.246. The second kappa shape index (κ2) is 7.25. The topological polar surface area (TPSA) is 45.4 Å². The molecule has 0 bridgehead atoms. The lowest BCUT2D eigenvalue weighted by Gasteiger charge is -2.34. The number of oxazole rings is 1. The molecule has 25 heavy (non-hydrogen) atoms. The third kappa shape index (κ3) is 3.83. The Labute approximate surface area is 151 Å². The summed E-state index contributed by atoms with van der Waals surface area (Å²) in [5, 5.41) is 0.683. The molecular formula is C19H19ClN4O. The summed E-state index contributed by atoms with van der Waals surface area (Å²) in [7, 11) is 0. The molecule has 0 radical (unpaired) electrons. The van der Waals surface area contributed by atoms with Crippen molar-refractivity contribution < 1.29 is 4.42 Å². The SMILES string of the molecule is Clc1cccc(-c2nc(CN3CCN(c4ccccn4)CC3)co2)c1. The van der Waals surface area contributed by atoms with Crippen molar-refractivity contribution in [3.8, 4) is 11.5 Å². The lowest BCUT2D eigenvalue weighted by Crippen LogP contribution is -2.46. The number of hydrogen-bond donors (Lipinski definition) is 0. The Bertz CT molecular complexity index is 828. The summed E-state index contributed by atoms with van der Waals surface area (Å²) in [6, 6.07) is 13.6. The Morgan fingerprint density at radius 1 is 1.04 bits per heavy atom. The van der Waals surface area contributed by atoms with E-state index < -0.39 is 0 Å². The number of anilines is 1. The molecule has 0 unspecified atom stereocenters. The molecule has 0 amide bonds. The van der Waals surface area contributed by atoms with Gasteiger partial charge in [0, 0.05) is 49.5 Å². The van der Waals surface area contributed by atoms with Crippen LogP contribution in [0.25, 0.3) is 11.5 Å². The number of rotatable bonds is 4. The number of pyridine rings is 1. The molecule has 1 aromatic carbocycles. The molecule has 5 nitrogen and oxygen atoms in total. The molecule has 1 aliphatic heterocycles. The van der Waals surface area contributed by atoms with Gasteiger partial charge in [0.2, 0.25) is 5.89 Å². The van der Waals surface area contributed by atoms with Crippen molar-refractivity contribution in [2.45, 2.75) is 6.54 Å². The second-order valence-corrected chi connectivity index (χ2v) is 6.54. The third-order valence-corrected chi connectivity index (χ3v) is 4.59. The first kappa shape index (κ1) is 16.1. The first-order valence-electron chi connectivity index (χ1n) is 8.36. The molecule has 1 aliphatic rings. The fraction of sp³-hybridized carbons (Fsp3) is 0.263. The quantitative estimate of drug-likeness (QED) is 0.714. The summed E-state index contributed by atoms with van der Waals surface area (Å²) >= 11 is 6.03. The Morgan fingerprint density at radius 3 is 2.68 bits per heavy atom. The van der Waals surface area contributed by atoms with E-state index in [-0.39, 0.29) is 0 Å². The van der Waals surface area contributed by atoms with Gasteiger partial charge in [-0.3, -0.25) is 4.90 Å². The van der Waals surface area contributed by atoms with Gasteiger partial charge in [-0.2, -0.15) is 0 Å². The summed E-state index contributed by atoms with van der Waals surface area (Å²) in [6.07, 6.45) is 3.58. The molecule has 3 heterocycles. The van der Waals surface area contributed by atoms with E-state index in [0.717, 1.165) is 49.8 Å². The van der Waals surface area contributed by atoms with Gasteiger partial charge in [-0.25, -0.2) is 9.97 Å². The van der Waals surface area contributed by atoms with E-state index in [1.54, 1.807) is 6.26 Å². The predicted octanol–water partition coefficient (Wildman–Crippen LogP) is 3.71. The fourth-order valence-electron chi connectivity index (χ4n) is 3.04. The highest BCUT2D eigenvalue weighted by Gasteiger charge is 2.19. The van der Waals surface area contributed by atoms with E-state index in [1.165, 1.54) is 0 Å². The maximum absolute atomic E-state index is 6.03. The van der Waals surface area contributed by atoms with Crippen LogP contribution in [0.3, 0.4) is 0 Å². The summed E-state index contributed by atoms with van der Waals surface area (Å²) in [5.74, 6) is 1.66. The average molecular weight is 355 g/mol. The third-order valence-electron chi connectivity index (χ3n) is 4.35. The van der Waals surface area contributed by atoms with Crippen LogP contribution in [0.15, 0.2) is 59.3 Å². The van der Waals surface area contributed by atoms with Crippen molar-refractivity contribution in [3.05, 3.63) is 65.6 Å². The molecule has 1 saturated heterocycles. The van der Waals surface area contributed by atoms with Crippen LogP contribution in [0.2, 0.25) is 5.02 Å². The molecule has 0 spiro atoms.